The Balaban J connectivity index is 2.02. The Labute approximate surface area is 116 Å². The third kappa shape index (κ3) is 3.69. The summed E-state index contributed by atoms with van der Waals surface area (Å²) in [5.74, 6) is 0.621. The zero-order valence-corrected chi connectivity index (χ0v) is 11.0. The molecule has 0 aliphatic rings. The van der Waals surface area contributed by atoms with Crippen LogP contribution in [0.2, 0.25) is 0 Å². The number of halogens is 1. The fraction of sp³-hybridized carbons (Fsp3) is 0.200. The molecule has 0 aliphatic carbocycles. The minimum Gasteiger partial charge on any atom is -0.479 e. The SMILES string of the molecule is CC(Nc1cccc(F)n1)c1ccc(OCC#N)cc1. The summed E-state index contributed by atoms with van der Waals surface area (Å²) in [6, 6.07) is 13.9. The van der Waals surface area contributed by atoms with E-state index in [2.05, 4.69) is 10.3 Å². The third-order valence-corrected chi connectivity index (χ3v) is 2.76. The molecule has 0 saturated carbocycles. The molecule has 1 N–H and O–H groups in total. The highest BCUT2D eigenvalue weighted by Gasteiger charge is 2.06. The van der Waals surface area contributed by atoms with Gasteiger partial charge in [-0.25, -0.2) is 4.98 Å². The molecule has 0 saturated heterocycles. The summed E-state index contributed by atoms with van der Waals surface area (Å²) in [6.07, 6.45) is 0. The van der Waals surface area contributed by atoms with Gasteiger partial charge in [0.25, 0.3) is 0 Å². The quantitative estimate of drug-likeness (QED) is 0.848. The van der Waals surface area contributed by atoms with Crippen LogP contribution in [0, 0.1) is 17.3 Å². The number of aromatic nitrogens is 1. The number of ether oxygens (including phenoxy) is 1. The molecule has 2 aromatic rings. The van der Waals surface area contributed by atoms with Crippen molar-refractivity contribution < 1.29 is 9.13 Å². The highest BCUT2D eigenvalue weighted by molar-refractivity contribution is 5.39. The van der Waals surface area contributed by atoms with Gasteiger partial charge in [0.1, 0.15) is 17.6 Å². The normalized spacial score (nSPS) is 11.4. The van der Waals surface area contributed by atoms with E-state index in [0.717, 1.165) is 5.56 Å². The van der Waals surface area contributed by atoms with E-state index >= 15 is 0 Å². The maximum Gasteiger partial charge on any atom is 0.214 e. The first-order chi connectivity index (χ1) is 9.69. The second-order valence-electron chi connectivity index (χ2n) is 4.23. The maximum atomic E-state index is 13.0. The van der Waals surface area contributed by atoms with Crippen LogP contribution in [-0.4, -0.2) is 11.6 Å². The molecule has 0 bridgehead atoms. The number of rotatable bonds is 5. The molecule has 0 spiro atoms. The first-order valence-corrected chi connectivity index (χ1v) is 6.18. The monoisotopic (exact) mass is 271 g/mol. The van der Waals surface area contributed by atoms with Crippen molar-refractivity contribution in [3.05, 3.63) is 54.0 Å². The van der Waals surface area contributed by atoms with E-state index in [-0.39, 0.29) is 12.6 Å². The summed E-state index contributed by atoms with van der Waals surface area (Å²) in [4.78, 5) is 3.76. The van der Waals surface area contributed by atoms with Gasteiger partial charge in [0.15, 0.2) is 6.61 Å². The van der Waals surface area contributed by atoms with Crippen LogP contribution in [0.15, 0.2) is 42.5 Å². The van der Waals surface area contributed by atoms with E-state index in [1.165, 1.54) is 6.07 Å². The highest BCUT2D eigenvalue weighted by Crippen LogP contribution is 2.20. The van der Waals surface area contributed by atoms with Gasteiger partial charge in [0.2, 0.25) is 5.95 Å². The second-order valence-corrected chi connectivity index (χ2v) is 4.23. The van der Waals surface area contributed by atoms with Gasteiger partial charge in [-0.05, 0) is 36.8 Å². The molecule has 5 heteroatoms. The van der Waals surface area contributed by atoms with Crippen LogP contribution in [0.4, 0.5) is 10.2 Å². The van der Waals surface area contributed by atoms with E-state index < -0.39 is 5.95 Å². The van der Waals surface area contributed by atoms with Gasteiger partial charge in [-0.15, -0.1) is 0 Å². The molecule has 0 radical (unpaired) electrons. The van der Waals surface area contributed by atoms with Gasteiger partial charge in [0.05, 0.1) is 0 Å². The van der Waals surface area contributed by atoms with Crippen molar-refractivity contribution in [2.45, 2.75) is 13.0 Å². The van der Waals surface area contributed by atoms with E-state index in [4.69, 9.17) is 10.00 Å². The van der Waals surface area contributed by atoms with Crippen molar-refractivity contribution in [1.82, 2.24) is 4.98 Å². The third-order valence-electron chi connectivity index (χ3n) is 2.76. The molecule has 1 atom stereocenters. The summed E-state index contributed by atoms with van der Waals surface area (Å²) >= 11 is 0. The molecule has 1 unspecified atom stereocenters. The number of hydrogen-bond donors (Lipinski definition) is 1. The van der Waals surface area contributed by atoms with E-state index in [1.54, 1.807) is 24.3 Å². The molecule has 0 fully saturated rings. The van der Waals surface area contributed by atoms with Crippen molar-refractivity contribution in [3.63, 3.8) is 0 Å². The molecule has 1 heterocycles. The van der Waals surface area contributed by atoms with Gasteiger partial charge in [-0.2, -0.15) is 9.65 Å². The zero-order chi connectivity index (χ0) is 14.4. The Hall–Kier alpha value is -2.61. The Morgan fingerprint density at radius 3 is 2.70 bits per heavy atom. The summed E-state index contributed by atoms with van der Waals surface area (Å²) in [5, 5.41) is 11.6. The molecule has 1 aromatic carbocycles. The number of hydrogen-bond acceptors (Lipinski definition) is 4. The van der Waals surface area contributed by atoms with Gasteiger partial charge in [-0.1, -0.05) is 18.2 Å². The lowest BCUT2D eigenvalue weighted by atomic mass is 10.1. The van der Waals surface area contributed by atoms with Gasteiger partial charge >= 0.3 is 0 Å². The Morgan fingerprint density at radius 2 is 2.05 bits per heavy atom. The van der Waals surface area contributed by atoms with Crippen LogP contribution in [0.3, 0.4) is 0 Å². The lowest BCUT2D eigenvalue weighted by molar-refractivity contribution is 0.368. The summed E-state index contributed by atoms with van der Waals surface area (Å²) in [7, 11) is 0. The number of nitrogens with zero attached hydrogens (tertiary/aromatic N) is 2. The molecule has 102 valence electrons. The van der Waals surface area contributed by atoms with Crippen molar-refractivity contribution in [2.24, 2.45) is 0 Å². The van der Waals surface area contributed by atoms with Crippen molar-refractivity contribution >= 4 is 5.82 Å². The van der Waals surface area contributed by atoms with Crippen LogP contribution in [-0.2, 0) is 0 Å². The standard InChI is InChI=1S/C15H14FN3O/c1-11(18-15-4-2-3-14(16)19-15)12-5-7-13(8-6-12)20-10-9-17/h2-8,11H,10H2,1H3,(H,18,19). The number of pyridine rings is 1. The second kappa shape index (κ2) is 6.53. The summed E-state index contributed by atoms with van der Waals surface area (Å²) < 4.78 is 18.2. The fourth-order valence-electron chi connectivity index (χ4n) is 1.76. The Morgan fingerprint density at radius 1 is 1.30 bits per heavy atom. The highest BCUT2D eigenvalue weighted by atomic mass is 19.1. The summed E-state index contributed by atoms with van der Waals surface area (Å²) in [6.45, 7) is 1.98. The number of benzene rings is 1. The van der Waals surface area contributed by atoms with Crippen LogP contribution in [0.1, 0.15) is 18.5 Å². The number of nitriles is 1. The predicted octanol–water partition coefficient (Wildman–Crippen LogP) is 3.30. The Bertz CT molecular complexity index is 607. The fourth-order valence-corrected chi connectivity index (χ4v) is 1.76. The molecule has 20 heavy (non-hydrogen) atoms. The average Bonchev–Trinajstić information content (AvgIpc) is 2.45. The molecule has 0 amide bonds. The number of nitrogens with one attached hydrogen (secondary N) is 1. The van der Waals surface area contributed by atoms with Crippen LogP contribution >= 0.6 is 0 Å². The lowest BCUT2D eigenvalue weighted by Crippen LogP contribution is -2.08. The van der Waals surface area contributed by atoms with Crippen molar-refractivity contribution in [1.29, 1.82) is 5.26 Å². The van der Waals surface area contributed by atoms with Gasteiger partial charge in [0, 0.05) is 6.04 Å². The largest absolute Gasteiger partial charge is 0.479 e. The lowest BCUT2D eigenvalue weighted by Gasteiger charge is -2.15. The molecular weight excluding hydrogens is 257 g/mol. The average molecular weight is 271 g/mol. The van der Waals surface area contributed by atoms with E-state index in [9.17, 15) is 4.39 Å². The molecular formula is C15H14FN3O. The van der Waals surface area contributed by atoms with Crippen LogP contribution < -0.4 is 10.1 Å². The topological polar surface area (TPSA) is 57.9 Å². The van der Waals surface area contributed by atoms with Crippen LogP contribution in [0.5, 0.6) is 5.75 Å². The summed E-state index contributed by atoms with van der Waals surface area (Å²) in [5.41, 5.74) is 1.01. The van der Waals surface area contributed by atoms with Gasteiger partial charge < -0.3 is 10.1 Å². The molecule has 2 rings (SSSR count). The predicted molar refractivity (Wildman–Crippen MR) is 73.8 cm³/mol. The van der Waals surface area contributed by atoms with E-state index in [1.807, 2.05) is 25.1 Å². The molecule has 1 aromatic heterocycles. The first kappa shape index (κ1) is 13.8. The van der Waals surface area contributed by atoms with Crippen LogP contribution in [0.25, 0.3) is 0 Å². The van der Waals surface area contributed by atoms with E-state index in [0.29, 0.717) is 11.6 Å². The first-order valence-electron chi connectivity index (χ1n) is 6.18. The number of anilines is 1. The molecule has 0 aliphatic heterocycles. The minimum atomic E-state index is -0.512. The van der Waals surface area contributed by atoms with Crippen molar-refractivity contribution in [3.8, 4) is 11.8 Å². The smallest absolute Gasteiger partial charge is 0.214 e. The minimum absolute atomic E-state index is 0.0192. The molecule has 4 nitrogen and oxygen atoms in total. The Kier molecular flexibility index (Phi) is 4.51. The zero-order valence-electron chi connectivity index (χ0n) is 11.0. The van der Waals surface area contributed by atoms with Crippen molar-refractivity contribution in [2.75, 3.05) is 11.9 Å². The maximum absolute atomic E-state index is 13.0. The van der Waals surface area contributed by atoms with Gasteiger partial charge in [-0.3, -0.25) is 0 Å².